The van der Waals surface area contributed by atoms with E-state index in [0.717, 1.165) is 12.8 Å². The summed E-state index contributed by atoms with van der Waals surface area (Å²) in [6.45, 7) is 9.39. The van der Waals surface area contributed by atoms with Gasteiger partial charge in [0.25, 0.3) is 5.91 Å². The lowest BCUT2D eigenvalue weighted by Gasteiger charge is -2.31. The molecule has 2 unspecified atom stereocenters. The lowest BCUT2D eigenvalue weighted by atomic mass is 9.79. The quantitative estimate of drug-likeness (QED) is 0.678. The van der Waals surface area contributed by atoms with Crippen LogP contribution in [-0.2, 0) is 10.2 Å². The predicted octanol–water partition coefficient (Wildman–Crippen LogP) is 4.56. The number of nitrogens with one attached hydrogen (secondary N) is 1. The van der Waals surface area contributed by atoms with Crippen molar-refractivity contribution < 1.29 is 14.3 Å². The summed E-state index contributed by atoms with van der Waals surface area (Å²) in [6.07, 6.45) is 2.32. The van der Waals surface area contributed by atoms with E-state index in [4.69, 9.17) is 4.74 Å². The smallest absolute Gasteiger partial charge is 0.258 e. The number of benzene rings is 2. The number of carbonyl (C=O) groups is 2. The lowest BCUT2D eigenvalue weighted by Crippen LogP contribution is -2.49. The van der Waals surface area contributed by atoms with Gasteiger partial charge in [-0.25, -0.2) is 0 Å². The number of para-hydroxylation sites is 1. The van der Waals surface area contributed by atoms with E-state index in [1.165, 1.54) is 5.56 Å². The summed E-state index contributed by atoms with van der Waals surface area (Å²) in [4.78, 5) is 28.0. The Labute approximate surface area is 185 Å². The standard InChI is InChI=1S/C26H34N2O3/c1-5-31-23-16-10-9-14-21(23)25(30)28-17-11-15-22(28)24(29)27-19(2)18-26(3,4)20-12-7-6-8-13-20/h6-10,12-14,16,19,22H,5,11,15,17-18H2,1-4H3,(H,27,29). The Morgan fingerprint density at radius 1 is 1.13 bits per heavy atom. The first kappa shape index (κ1) is 22.9. The highest BCUT2D eigenvalue weighted by Crippen LogP contribution is 2.29. The second kappa shape index (κ2) is 9.99. The van der Waals surface area contributed by atoms with Crippen molar-refractivity contribution in [2.75, 3.05) is 13.2 Å². The van der Waals surface area contributed by atoms with Gasteiger partial charge in [-0.3, -0.25) is 9.59 Å². The highest BCUT2D eigenvalue weighted by molar-refractivity contribution is 6.00. The highest BCUT2D eigenvalue weighted by Gasteiger charge is 2.36. The highest BCUT2D eigenvalue weighted by atomic mass is 16.5. The van der Waals surface area contributed by atoms with Crippen molar-refractivity contribution in [2.24, 2.45) is 0 Å². The van der Waals surface area contributed by atoms with Gasteiger partial charge in [0.1, 0.15) is 11.8 Å². The molecule has 5 heteroatoms. The number of amides is 2. The fraction of sp³-hybridized carbons (Fsp3) is 0.462. The number of hydrogen-bond acceptors (Lipinski definition) is 3. The first-order chi connectivity index (χ1) is 14.8. The van der Waals surface area contributed by atoms with Crippen LogP contribution in [0.1, 0.15) is 62.9 Å². The maximum absolute atomic E-state index is 13.2. The molecule has 0 spiro atoms. The molecule has 1 fully saturated rings. The first-order valence-corrected chi connectivity index (χ1v) is 11.2. The van der Waals surface area contributed by atoms with Gasteiger partial charge in [0.15, 0.2) is 0 Å². The van der Waals surface area contributed by atoms with Crippen LogP contribution < -0.4 is 10.1 Å². The average molecular weight is 423 g/mol. The van der Waals surface area contributed by atoms with Crippen molar-refractivity contribution in [1.29, 1.82) is 0 Å². The molecule has 2 atom stereocenters. The van der Waals surface area contributed by atoms with E-state index in [1.807, 2.05) is 44.2 Å². The van der Waals surface area contributed by atoms with Crippen LogP contribution in [0.2, 0.25) is 0 Å². The summed E-state index contributed by atoms with van der Waals surface area (Å²) in [5.74, 6) is 0.356. The Morgan fingerprint density at radius 2 is 1.81 bits per heavy atom. The third kappa shape index (κ3) is 5.46. The summed E-state index contributed by atoms with van der Waals surface area (Å²) in [5.41, 5.74) is 1.71. The topological polar surface area (TPSA) is 58.6 Å². The molecule has 1 saturated heterocycles. The van der Waals surface area contributed by atoms with E-state index in [9.17, 15) is 9.59 Å². The number of likely N-dealkylation sites (tertiary alicyclic amines) is 1. The normalized spacial score (nSPS) is 17.3. The number of nitrogens with zero attached hydrogens (tertiary/aromatic N) is 1. The number of ether oxygens (including phenoxy) is 1. The average Bonchev–Trinajstić information content (AvgIpc) is 3.24. The fourth-order valence-electron chi connectivity index (χ4n) is 4.52. The molecule has 2 amide bonds. The van der Waals surface area contributed by atoms with Crippen molar-refractivity contribution in [2.45, 2.75) is 64.5 Å². The van der Waals surface area contributed by atoms with Crippen LogP contribution in [0.15, 0.2) is 54.6 Å². The zero-order chi connectivity index (χ0) is 22.4. The van der Waals surface area contributed by atoms with Crippen molar-refractivity contribution >= 4 is 11.8 Å². The molecule has 0 aromatic heterocycles. The summed E-state index contributed by atoms with van der Waals surface area (Å²) < 4.78 is 5.63. The summed E-state index contributed by atoms with van der Waals surface area (Å²) in [5, 5.41) is 3.16. The molecular weight excluding hydrogens is 388 g/mol. The molecule has 5 nitrogen and oxygen atoms in total. The third-order valence-electron chi connectivity index (χ3n) is 5.99. The van der Waals surface area contributed by atoms with Crippen LogP contribution in [-0.4, -0.2) is 41.9 Å². The Kier molecular flexibility index (Phi) is 7.37. The zero-order valence-electron chi connectivity index (χ0n) is 19.1. The molecule has 0 radical (unpaired) electrons. The van der Waals surface area contributed by atoms with Gasteiger partial charge in [-0.15, -0.1) is 0 Å². The van der Waals surface area contributed by atoms with Gasteiger partial charge in [0, 0.05) is 12.6 Å². The zero-order valence-corrected chi connectivity index (χ0v) is 19.1. The van der Waals surface area contributed by atoms with Gasteiger partial charge in [0.2, 0.25) is 5.91 Å². The summed E-state index contributed by atoms with van der Waals surface area (Å²) in [6, 6.07) is 17.2. The number of carbonyl (C=O) groups excluding carboxylic acids is 2. The van der Waals surface area contributed by atoms with Crippen LogP contribution >= 0.6 is 0 Å². The first-order valence-electron chi connectivity index (χ1n) is 11.2. The van der Waals surface area contributed by atoms with Crippen molar-refractivity contribution in [3.05, 3.63) is 65.7 Å². The van der Waals surface area contributed by atoms with Crippen LogP contribution in [0.3, 0.4) is 0 Å². The molecule has 0 aliphatic carbocycles. The second-order valence-corrected chi connectivity index (χ2v) is 8.95. The number of hydrogen-bond donors (Lipinski definition) is 1. The largest absolute Gasteiger partial charge is 0.493 e. The molecular formula is C26H34N2O3. The van der Waals surface area contributed by atoms with Gasteiger partial charge >= 0.3 is 0 Å². The Bertz CT molecular complexity index is 895. The fourth-order valence-corrected chi connectivity index (χ4v) is 4.52. The molecule has 31 heavy (non-hydrogen) atoms. The summed E-state index contributed by atoms with van der Waals surface area (Å²) >= 11 is 0. The van der Waals surface area contributed by atoms with E-state index >= 15 is 0 Å². The number of rotatable bonds is 8. The molecule has 2 aromatic carbocycles. The molecule has 2 aromatic rings. The molecule has 1 heterocycles. The molecule has 1 aliphatic heterocycles. The van der Waals surface area contributed by atoms with E-state index < -0.39 is 6.04 Å². The van der Waals surface area contributed by atoms with E-state index in [-0.39, 0.29) is 23.3 Å². The minimum absolute atomic E-state index is 0.00373. The van der Waals surface area contributed by atoms with E-state index in [2.05, 4.69) is 31.3 Å². The van der Waals surface area contributed by atoms with Crippen molar-refractivity contribution in [1.82, 2.24) is 10.2 Å². The van der Waals surface area contributed by atoms with Gasteiger partial charge in [-0.2, -0.15) is 0 Å². The Balaban J connectivity index is 1.66. The van der Waals surface area contributed by atoms with Crippen LogP contribution in [0.4, 0.5) is 0 Å². The molecule has 1 N–H and O–H groups in total. The Hall–Kier alpha value is -2.82. The molecule has 0 bridgehead atoms. The maximum atomic E-state index is 13.2. The molecule has 3 rings (SSSR count). The lowest BCUT2D eigenvalue weighted by molar-refractivity contribution is -0.125. The third-order valence-corrected chi connectivity index (χ3v) is 5.99. The monoisotopic (exact) mass is 422 g/mol. The van der Waals surface area contributed by atoms with E-state index in [0.29, 0.717) is 30.9 Å². The van der Waals surface area contributed by atoms with Gasteiger partial charge in [0.05, 0.1) is 12.2 Å². The Morgan fingerprint density at radius 3 is 2.52 bits per heavy atom. The minimum Gasteiger partial charge on any atom is -0.493 e. The maximum Gasteiger partial charge on any atom is 0.258 e. The van der Waals surface area contributed by atoms with Crippen LogP contribution in [0, 0.1) is 0 Å². The predicted molar refractivity (Wildman–Crippen MR) is 123 cm³/mol. The van der Waals surface area contributed by atoms with Gasteiger partial charge in [-0.05, 0) is 56.2 Å². The SMILES string of the molecule is CCOc1ccccc1C(=O)N1CCCC1C(=O)NC(C)CC(C)(C)c1ccccc1. The van der Waals surface area contributed by atoms with Crippen LogP contribution in [0.5, 0.6) is 5.75 Å². The minimum atomic E-state index is -0.440. The molecule has 166 valence electrons. The van der Waals surface area contributed by atoms with Crippen LogP contribution in [0.25, 0.3) is 0 Å². The van der Waals surface area contributed by atoms with Gasteiger partial charge < -0.3 is 15.0 Å². The van der Waals surface area contributed by atoms with Gasteiger partial charge in [-0.1, -0.05) is 56.3 Å². The van der Waals surface area contributed by atoms with Crippen molar-refractivity contribution in [3.8, 4) is 5.75 Å². The molecule has 1 aliphatic rings. The van der Waals surface area contributed by atoms with Crippen molar-refractivity contribution in [3.63, 3.8) is 0 Å². The molecule has 0 saturated carbocycles. The second-order valence-electron chi connectivity index (χ2n) is 8.95. The summed E-state index contributed by atoms with van der Waals surface area (Å²) in [7, 11) is 0. The van der Waals surface area contributed by atoms with E-state index in [1.54, 1.807) is 17.0 Å².